The second kappa shape index (κ2) is 6.55. The molecule has 1 atom stereocenters. The second-order valence-electron chi connectivity index (χ2n) is 3.84. The van der Waals surface area contributed by atoms with Gasteiger partial charge in [-0.1, -0.05) is 6.07 Å². The van der Waals surface area contributed by atoms with Crippen LogP contribution in [0.25, 0.3) is 0 Å². The third-order valence-electron chi connectivity index (χ3n) is 2.59. The minimum atomic E-state index is -0.0725. The van der Waals surface area contributed by atoms with Crippen molar-refractivity contribution in [2.45, 2.75) is 30.9 Å². The zero-order valence-electron chi connectivity index (χ0n) is 10.6. The highest BCUT2D eigenvalue weighted by Crippen LogP contribution is 2.25. The third-order valence-corrected chi connectivity index (χ3v) is 3.68. The Kier molecular flexibility index (Phi) is 5.35. The van der Waals surface area contributed by atoms with Crippen molar-refractivity contribution in [2.24, 2.45) is 0 Å². The summed E-state index contributed by atoms with van der Waals surface area (Å²) in [6.45, 7) is 7.46. The summed E-state index contributed by atoms with van der Waals surface area (Å²) < 4.78 is 0. The maximum atomic E-state index is 12.1. The summed E-state index contributed by atoms with van der Waals surface area (Å²) in [5.74, 6) is 0.183. The Labute approximate surface area is 107 Å². The van der Waals surface area contributed by atoms with E-state index in [2.05, 4.69) is 0 Å². The maximum Gasteiger partial charge on any atom is 0.235 e. The predicted molar refractivity (Wildman–Crippen MR) is 74.1 cm³/mol. The minimum Gasteiger partial charge on any atom is -0.399 e. The van der Waals surface area contributed by atoms with Crippen molar-refractivity contribution in [3.05, 3.63) is 24.3 Å². The van der Waals surface area contributed by atoms with Crippen molar-refractivity contribution >= 4 is 23.4 Å². The molecule has 17 heavy (non-hydrogen) atoms. The lowest BCUT2D eigenvalue weighted by atomic mass is 10.3. The number of thioether (sulfide) groups is 1. The number of anilines is 1. The van der Waals surface area contributed by atoms with E-state index < -0.39 is 0 Å². The Morgan fingerprint density at radius 2 is 2.06 bits per heavy atom. The molecule has 3 nitrogen and oxygen atoms in total. The van der Waals surface area contributed by atoms with E-state index in [0.29, 0.717) is 0 Å². The van der Waals surface area contributed by atoms with Gasteiger partial charge in [-0.15, -0.1) is 11.8 Å². The summed E-state index contributed by atoms with van der Waals surface area (Å²) in [6, 6.07) is 7.64. The molecule has 1 amide bonds. The summed E-state index contributed by atoms with van der Waals surface area (Å²) in [5, 5.41) is -0.0725. The number of carbonyl (C=O) groups is 1. The molecule has 0 heterocycles. The number of rotatable bonds is 5. The van der Waals surface area contributed by atoms with E-state index in [1.165, 1.54) is 0 Å². The van der Waals surface area contributed by atoms with Gasteiger partial charge in [0.15, 0.2) is 0 Å². The molecule has 0 radical (unpaired) electrons. The van der Waals surface area contributed by atoms with Crippen LogP contribution in [0, 0.1) is 0 Å². The molecule has 4 heteroatoms. The molecule has 1 unspecified atom stereocenters. The van der Waals surface area contributed by atoms with E-state index in [9.17, 15) is 4.79 Å². The Morgan fingerprint density at radius 3 is 2.59 bits per heavy atom. The van der Waals surface area contributed by atoms with Gasteiger partial charge >= 0.3 is 0 Å². The third kappa shape index (κ3) is 3.97. The van der Waals surface area contributed by atoms with E-state index in [0.717, 1.165) is 23.7 Å². The zero-order valence-corrected chi connectivity index (χ0v) is 11.5. The Morgan fingerprint density at radius 1 is 1.41 bits per heavy atom. The molecule has 0 aliphatic rings. The Balaban J connectivity index is 2.65. The molecule has 0 saturated heterocycles. The molecular formula is C13H20N2OS. The van der Waals surface area contributed by atoms with Gasteiger partial charge in [-0.25, -0.2) is 0 Å². The van der Waals surface area contributed by atoms with Gasteiger partial charge in [-0.05, 0) is 39.0 Å². The van der Waals surface area contributed by atoms with Crippen LogP contribution in [0.1, 0.15) is 20.8 Å². The first-order valence-electron chi connectivity index (χ1n) is 5.89. The molecule has 1 rings (SSSR count). The van der Waals surface area contributed by atoms with E-state index in [4.69, 9.17) is 5.73 Å². The summed E-state index contributed by atoms with van der Waals surface area (Å²) in [5.41, 5.74) is 6.45. The number of carbonyl (C=O) groups excluding carboxylic acids is 1. The minimum absolute atomic E-state index is 0.0725. The van der Waals surface area contributed by atoms with Crippen LogP contribution in [0.5, 0.6) is 0 Å². The molecule has 2 N–H and O–H groups in total. The van der Waals surface area contributed by atoms with Crippen molar-refractivity contribution in [1.29, 1.82) is 0 Å². The summed E-state index contributed by atoms with van der Waals surface area (Å²) in [6.07, 6.45) is 0. The summed E-state index contributed by atoms with van der Waals surface area (Å²) in [4.78, 5) is 15.0. The fourth-order valence-electron chi connectivity index (χ4n) is 1.63. The predicted octanol–water partition coefficient (Wildman–Crippen LogP) is 2.62. The van der Waals surface area contributed by atoms with Crippen LogP contribution in [0.15, 0.2) is 29.2 Å². The normalized spacial score (nSPS) is 12.2. The number of nitrogens with zero attached hydrogens (tertiary/aromatic N) is 1. The highest BCUT2D eigenvalue weighted by atomic mass is 32.2. The molecule has 0 saturated carbocycles. The van der Waals surface area contributed by atoms with Crippen molar-refractivity contribution < 1.29 is 4.79 Å². The van der Waals surface area contributed by atoms with Crippen molar-refractivity contribution in [3.63, 3.8) is 0 Å². The van der Waals surface area contributed by atoms with Crippen LogP contribution < -0.4 is 5.73 Å². The van der Waals surface area contributed by atoms with Crippen LogP contribution in [0.3, 0.4) is 0 Å². The van der Waals surface area contributed by atoms with Gasteiger partial charge < -0.3 is 10.6 Å². The van der Waals surface area contributed by atoms with Crippen LogP contribution in [-0.4, -0.2) is 29.1 Å². The first kappa shape index (κ1) is 13.9. The molecule has 1 aromatic carbocycles. The maximum absolute atomic E-state index is 12.1. The van der Waals surface area contributed by atoms with Gasteiger partial charge in [-0.3, -0.25) is 4.79 Å². The van der Waals surface area contributed by atoms with E-state index in [1.807, 2.05) is 49.9 Å². The van der Waals surface area contributed by atoms with Crippen molar-refractivity contribution in [3.8, 4) is 0 Å². The summed E-state index contributed by atoms with van der Waals surface area (Å²) in [7, 11) is 0. The van der Waals surface area contributed by atoms with Gasteiger partial charge in [-0.2, -0.15) is 0 Å². The van der Waals surface area contributed by atoms with Crippen LogP contribution >= 0.6 is 11.8 Å². The number of benzene rings is 1. The molecule has 0 bridgehead atoms. The van der Waals surface area contributed by atoms with Gasteiger partial charge in [0.25, 0.3) is 0 Å². The Hall–Kier alpha value is -1.16. The molecule has 0 aliphatic carbocycles. The highest BCUT2D eigenvalue weighted by Gasteiger charge is 2.18. The quantitative estimate of drug-likeness (QED) is 0.647. The monoisotopic (exact) mass is 252 g/mol. The first-order valence-corrected chi connectivity index (χ1v) is 6.77. The molecule has 1 aromatic rings. The fourth-order valence-corrected chi connectivity index (χ4v) is 2.65. The number of hydrogen-bond donors (Lipinski definition) is 1. The SMILES string of the molecule is CCN(CC)C(=O)C(C)Sc1cccc(N)c1. The van der Waals surface area contributed by atoms with Crippen LogP contribution in [0.4, 0.5) is 5.69 Å². The smallest absolute Gasteiger partial charge is 0.235 e. The van der Waals surface area contributed by atoms with E-state index in [1.54, 1.807) is 11.8 Å². The van der Waals surface area contributed by atoms with Gasteiger partial charge in [0.05, 0.1) is 5.25 Å². The van der Waals surface area contributed by atoms with Crippen LogP contribution in [0.2, 0.25) is 0 Å². The van der Waals surface area contributed by atoms with E-state index >= 15 is 0 Å². The molecule has 0 aliphatic heterocycles. The van der Waals surface area contributed by atoms with Crippen molar-refractivity contribution in [2.75, 3.05) is 18.8 Å². The Bertz CT molecular complexity index is 377. The van der Waals surface area contributed by atoms with Gasteiger partial charge in [0.2, 0.25) is 5.91 Å². The lowest BCUT2D eigenvalue weighted by Crippen LogP contribution is -2.36. The molecule has 0 fully saturated rings. The average Bonchev–Trinajstić information content (AvgIpc) is 2.30. The topological polar surface area (TPSA) is 46.3 Å². The standard InChI is InChI=1S/C13H20N2OS/c1-4-15(5-2)13(16)10(3)17-12-8-6-7-11(14)9-12/h6-10H,4-5,14H2,1-3H3. The molecule has 0 spiro atoms. The zero-order chi connectivity index (χ0) is 12.8. The van der Waals surface area contributed by atoms with Crippen molar-refractivity contribution in [1.82, 2.24) is 4.90 Å². The second-order valence-corrected chi connectivity index (χ2v) is 5.26. The van der Waals surface area contributed by atoms with Gasteiger partial charge in [0.1, 0.15) is 0 Å². The largest absolute Gasteiger partial charge is 0.399 e. The fraction of sp³-hybridized carbons (Fsp3) is 0.462. The van der Waals surface area contributed by atoms with Gasteiger partial charge in [0, 0.05) is 23.7 Å². The number of nitrogens with two attached hydrogens (primary N) is 1. The average molecular weight is 252 g/mol. The summed E-state index contributed by atoms with van der Waals surface area (Å²) >= 11 is 1.55. The van der Waals surface area contributed by atoms with Crippen LogP contribution in [-0.2, 0) is 4.79 Å². The van der Waals surface area contributed by atoms with E-state index in [-0.39, 0.29) is 11.2 Å². The number of hydrogen-bond acceptors (Lipinski definition) is 3. The molecule has 94 valence electrons. The number of nitrogen functional groups attached to an aromatic ring is 1. The molecular weight excluding hydrogens is 232 g/mol. The lowest BCUT2D eigenvalue weighted by molar-refractivity contribution is -0.129. The number of amides is 1. The first-order chi connectivity index (χ1) is 8.08. The highest BCUT2D eigenvalue weighted by molar-refractivity contribution is 8.00. The molecule has 0 aromatic heterocycles. The lowest BCUT2D eigenvalue weighted by Gasteiger charge is -2.22.